The molecule has 5 aromatic rings. The Morgan fingerprint density at radius 1 is 0.895 bits per heavy atom. The molecule has 2 aromatic carbocycles. The van der Waals surface area contributed by atoms with Crippen molar-refractivity contribution in [3.05, 3.63) is 107 Å². The van der Waals surface area contributed by atoms with Gasteiger partial charge in [-0.3, -0.25) is 19.4 Å². The Balaban J connectivity index is 0.725. The first-order valence-electron chi connectivity index (χ1n) is 25.4. The van der Waals surface area contributed by atoms with Crippen molar-refractivity contribution in [2.75, 3.05) is 84.2 Å². The minimum Gasteiger partial charge on any atom is -0.391 e. The summed E-state index contributed by atoms with van der Waals surface area (Å²) >= 11 is 1.57. The highest BCUT2D eigenvalue weighted by molar-refractivity contribution is 7.89. The third-order valence-corrected chi connectivity index (χ3v) is 15.9. The number of aliphatic hydroxyl groups is 1. The van der Waals surface area contributed by atoms with Crippen molar-refractivity contribution in [3.8, 4) is 10.4 Å². The molecule has 24 heteroatoms. The molecule has 0 spiro atoms. The third kappa shape index (κ3) is 16.4. The minimum absolute atomic E-state index is 0.0332. The molecule has 22 nitrogen and oxygen atoms in total. The Hall–Kier alpha value is -6.25. The van der Waals surface area contributed by atoms with Crippen LogP contribution in [0.25, 0.3) is 10.4 Å². The van der Waals surface area contributed by atoms with Crippen LogP contribution < -0.4 is 21.3 Å². The first-order chi connectivity index (χ1) is 36.4. The fourth-order valence-corrected chi connectivity index (χ4v) is 11.0. The number of piperazine rings is 1. The molecular weight excluding hydrogens is 1020 g/mol. The maximum atomic E-state index is 14.0. The highest BCUT2D eigenvalue weighted by atomic mass is 32.2. The van der Waals surface area contributed by atoms with Gasteiger partial charge >= 0.3 is 6.03 Å². The van der Waals surface area contributed by atoms with Crippen molar-refractivity contribution < 1.29 is 46.9 Å². The molecule has 3 aromatic heterocycles. The zero-order chi connectivity index (χ0) is 54.2. The predicted molar refractivity (Wildman–Crippen MR) is 284 cm³/mol. The Bertz CT molecular complexity index is 2780. The van der Waals surface area contributed by atoms with Crippen molar-refractivity contribution in [1.29, 1.82) is 0 Å². The van der Waals surface area contributed by atoms with Gasteiger partial charge in [0.2, 0.25) is 27.7 Å². The van der Waals surface area contributed by atoms with Crippen LogP contribution in [0.2, 0.25) is 0 Å². The highest BCUT2D eigenvalue weighted by Crippen LogP contribution is 2.30. The highest BCUT2D eigenvalue weighted by Gasteiger charge is 2.45. The smallest absolute Gasteiger partial charge is 0.319 e. The molecule has 2 aliphatic rings. The molecule has 2 aliphatic heterocycles. The molecule has 7 rings (SSSR count). The lowest BCUT2D eigenvalue weighted by molar-refractivity contribution is -0.144. The van der Waals surface area contributed by atoms with Gasteiger partial charge in [0.1, 0.15) is 18.7 Å². The van der Waals surface area contributed by atoms with E-state index in [-0.39, 0.29) is 49.6 Å². The summed E-state index contributed by atoms with van der Waals surface area (Å²) in [5.74, 6) is -1.34. The number of carbonyl (C=O) groups is 4. The van der Waals surface area contributed by atoms with Crippen LogP contribution in [-0.4, -0.2) is 173 Å². The number of hydrogen-bond donors (Lipinski definition) is 5. The van der Waals surface area contributed by atoms with Crippen molar-refractivity contribution in [2.24, 2.45) is 5.41 Å². The lowest BCUT2D eigenvalue weighted by atomic mass is 9.85. The minimum atomic E-state index is -3.71. The van der Waals surface area contributed by atoms with E-state index in [1.807, 2.05) is 76.7 Å². The number of aromatic nitrogens is 5. The summed E-state index contributed by atoms with van der Waals surface area (Å²) in [5, 5.41) is 30.4. The molecule has 2 saturated heterocycles. The number of rotatable bonds is 25. The average molecular weight is 1090 g/mol. The lowest BCUT2D eigenvalue weighted by Gasteiger charge is -2.35. The van der Waals surface area contributed by atoms with Gasteiger partial charge in [-0.25, -0.2) is 22.9 Å². The van der Waals surface area contributed by atoms with Crippen LogP contribution in [0.5, 0.6) is 0 Å². The van der Waals surface area contributed by atoms with E-state index in [4.69, 9.17) is 14.2 Å². The number of likely N-dealkylation sites (tertiary alicyclic amines) is 1. The van der Waals surface area contributed by atoms with Gasteiger partial charge in [-0.1, -0.05) is 56.3 Å². The van der Waals surface area contributed by atoms with Gasteiger partial charge in [0, 0.05) is 82.9 Å². The molecular formula is C52H70N12O10S2. The van der Waals surface area contributed by atoms with E-state index in [2.05, 4.69) is 46.4 Å². The van der Waals surface area contributed by atoms with Crippen molar-refractivity contribution in [1.82, 2.24) is 55.0 Å². The van der Waals surface area contributed by atoms with Gasteiger partial charge in [-0.05, 0) is 66.3 Å². The summed E-state index contributed by atoms with van der Waals surface area (Å²) in [6, 6.07) is 15.0. The van der Waals surface area contributed by atoms with E-state index in [9.17, 15) is 32.7 Å². The van der Waals surface area contributed by atoms with E-state index < -0.39 is 51.5 Å². The second-order valence-electron chi connectivity index (χ2n) is 19.8. The summed E-state index contributed by atoms with van der Waals surface area (Å²) in [6.45, 7) is 13.7. The average Bonchev–Trinajstić information content (AvgIpc) is 4.17. The second-order valence-corrected chi connectivity index (χ2v) is 22.6. The molecule has 0 bridgehead atoms. The first kappa shape index (κ1) is 57.5. The maximum Gasteiger partial charge on any atom is 0.319 e. The molecule has 5 amide bonds. The first-order valence-corrected chi connectivity index (χ1v) is 27.7. The number of ether oxygens (including phenoxy) is 3. The monoisotopic (exact) mass is 1090 g/mol. The van der Waals surface area contributed by atoms with Crippen molar-refractivity contribution in [2.45, 2.75) is 89.7 Å². The van der Waals surface area contributed by atoms with Crippen molar-refractivity contribution in [3.63, 3.8) is 0 Å². The third-order valence-electron chi connectivity index (χ3n) is 13.0. The standard InChI is InChI=1S/C52H70N12O10S2/c1-36(39-8-10-40(11-9-39)47-37(2)55-35-75-47)56-49(67)45-29-43(65)33-64(45)50(68)48(52(3,4)5)58-46(66)34-74-28-27-73-26-25-72-24-23-62-32-42(59-60-62)16-18-61-19-21-63(22-20-61)76(70,71)44-14-12-41(13-15-44)57-51(69)54-31-38-7-6-17-53-30-38/h6-15,17,30,32,35-36,43,45,48,65H,16,18-29,31,33-34H2,1-5H3,(H,56,67)(H,58,66)(H2,54,57,69). The molecule has 0 radical (unpaired) electrons. The maximum absolute atomic E-state index is 14.0. The number of aliphatic hydroxyl groups excluding tert-OH is 1. The topological polar surface area (TPSA) is 265 Å². The number of thiazole rings is 1. The normalized spacial score (nSPS) is 17.3. The summed E-state index contributed by atoms with van der Waals surface area (Å²) < 4.78 is 46.9. The molecule has 4 unspecified atom stereocenters. The van der Waals surface area contributed by atoms with E-state index in [0.29, 0.717) is 77.7 Å². The number of anilines is 1. The quantitative estimate of drug-likeness (QED) is 0.0525. The van der Waals surface area contributed by atoms with E-state index in [0.717, 1.165) is 33.0 Å². The van der Waals surface area contributed by atoms with Gasteiger partial charge in [-0.15, -0.1) is 16.4 Å². The Kier molecular flexibility index (Phi) is 20.5. The van der Waals surface area contributed by atoms with Gasteiger partial charge in [0.15, 0.2) is 0 Å². The van der Waals surface area contributed by atoms with Crippen LogP contribution in [0, 0.1) is 12.3 Å². The fourth-order valence-electron chi connectivity index (χ4n) is 8.73. The summed E-state index contributed by atoms with van der Waals surface area (Å²) in [5.41, 5.74) is 6.12. The molecule has 0 aliphatic carbocycles. The molecule has 5 N–H and O–H groups in total. The van der Waals surface area contributed by atoms with Crippen LogP contribution in [-0.2, 0) is 58.1 Å². The molecule has 410 valence electrons. The Morgan fingerprint density at radius 3 is 2.28 bits per heavy atom. The van der Waals surface area contributed by atoms with Gasteiger partial charge < -0.3 is 50.4 Å². The number of carbonyl (C=O) groups excluding carboxylic acids is 4. The number of sulfonamides is 1. The molecule has 5 heterocycles. The summed E-state index contributed by atoms with van der Waals surface area (Å²) in [7, 11) is -3.71. The van der Waals surface area contributed by atoms with E-state index in [1.54, 1.807) is 46.6 Å². The largest absolute Gasteiger partial charge is 0.391 e. The fraction of sp³-hybridized carbons (Fsp3) is 0.500. The number of pyridine rings is 1. The zero-order valence-electron chi connectivity index (χ0n) is 43.7. The van der Waals surface area contributed by atoms with Crippen LogP contribution >= 0.6 is 11.3 Å². The van der Waals surface area contributed by atoms with Crippen LogP contribution in [0.3, 0.4) is 0 Å². The van der Waals surface area contributed by atoms with Crippen LogP contribution in [0.15, 0.2) is 89.7 Å². The van der Waals surface area contributed by atoms with Gasteiger partial charge in [-0.2, -0.15) is 4.31 Å². The second kappa shape index (κ2) is 27.2. The number of benzene rings is 2. The van der Waals surface area contributed by atoms with Crippen LogP contribution in [0.4, 0.5) is 10.5 Å². The Morgan fingerprint density at radius 2 is 1.61 bits per heavy atom. The number of β-amino-alcohol motifs (C(OH)–C–C–N with tert-alkyl or cyclic N) is 1. The number of aryl methyl sites for hydroxylation is 1. The summed E-state index contributed by atoms with van der Waals surface area (Å²) in [4.78, 5) is 66.2. The van der Waals surface area contributed by atoms with Gasteiger partial charge in [0.05, 0.1) is 78.4 Å². The number of amides is 5. The lowest BCUT2D eigenvalue weighted by Crippen LogP contribution is -2.58. The predicted octanol–water partition coefficient (Wildman–Crippen LogP) is 3.40. The molecule has 0 saturated carbocycles. The number of urea groups is 1. The van der Waals surface area contributed by atoms with E-state index in [1.165, 1.54) is 21.3 Å². The number of nitrogens with one attached hydrogen (secondary N) is 4. The molecule has 76 heavy (non-hydrogen) atoms. The Labute approximate surface area is 447 Å². The molecule has 2 fully saturated rings. The zero-order valence-corrected chi connectivity index (χ0v) is 45.4. The summed E-state index contributed by atoms with van der Waals surface area (Å²) in [6.07, 6.45) is 5.04. The molecule has 4 atom stereocenters. The van der Waals surface area contributed by atoms with E-state index >= 15 is 0 Å². The van der Waals surface area contributed by atoms with Crippen molar-refractivity contribution >= 4 is 50.8 Å². The number of hydrogen-bond acceptors (Lipinski definition) is 16. The SMILES string of the molecule is Cc1ncsc1-c1ccc(C(C)NC(=O)C2CC(O)CN2C(=O)C(NC(=O)COCCOCCOCCn2cc(CCN3CCN(S(=O)(=O)c4ccc(NC(=O)NCc5cccnc5)cc4)CC3)nn2)C(C)(C)C)cc1. The number of nitrogens with zero attached hydrogens (tertiary/aromatic N) is 8. The van der Waals surface area contributed by atoms with Crippen LogP contribution in [0.1, 0.15) is 62.7 Å². The van der Waals surface area contributed by atoms with Gasteiger partial charge in [0.25, 0.3) is 0 Å².